The molecule has 82 valence electrons. The molecule has 0 aliphatic heterocycles. The number of nitrogens with two attached hydrogens (primary N) is 1. The highest BCUT2D eigenvalue weighted by molar-refractivity contribution is 6.31. The number of anilines is 1. The van der Waals surface area contributed by atoms with Crippen molar-refractivity contribution in [2.24, 2.45) is 0 Å². The van der Waals surface area contributed by atoms with E-state index in [0.717, 1.165) is 16.8 Å². The summed E-state index contributed by atoms with van der Waals surface area (Å²) in [6, 6.07) is 11.9. The Bertz CT molecular complexity index is 483. The summed E-state index contributed by atoms with van der Waals surface area (Å²) in [4.78, 5) is 0. The number of aryl methyl sites for hydroxylation is 2. The Kier molecular flexibility index (Phi) is 2.88. The SMILES string of the molecule is Cc1ccc(C)c(-c2cc(Cl)ccc2N)c1. The Balaban J connectivity index is 2.66. The normalized spacial score (nSPS) is 10.4. The lowest BCUT2D eigenvalue weighted by Gasteiger charge is -2.10. The topological polar surface area (TPSA) is 26.0 Å². The predicted octanol–water partition coefficient (Wildman–Crippen LogP) is 4.21. The molecule has 0 radical (unpaired) electrons. The van der Waals surface area contributed by atoms with Crippen molar-refractivity contribution >= 4 is 17.3 Å². The molecule has 0 aliphatic carbocycles. The zero-order chi connectivity index (χ0) is 11.7. The molecule has 0 amide bonds. The van der Waals surface area contributed by atoms with Crippen molar-refractivity contribution in [3.8, 4) is 11.1 Å². The van der Waals surface area contributed by atoms with Gasteiger partial charge in [-0.3, -0.25) is 0 Å². The first kappa shape index (κ1) is 11.0. The van der Waals surface area contributed by atoms with Crippen molar-refractivity contribution in [2.75, 3.05) is 5.73 Å². The van der Waals surface area contributed by atoms with Gasteiger partial charge in [-0.05, 0) is 43.2 Å². The number of halogens is 1. The van der Waals surface area contributed by atoms with E-state index >= 15 is 0 Å². The molecular formula is C14H14ClN. The standard InChI is InChI=1S/C14H14ClN/c1-9-3-4-10(2)12(7-9)13-8-11(15)5-6-14(13)16/h3-8H,16H2,1-2H3. The van der Waals surface area contributed by atoms with Crippen LogP contribution in [0.4, 0.5) is 5.69 Å². The highest BCUT2D eigenvalue weighted by atomic mass is 35.5. The van der Waals surface area contributed by atoms with Crippen LogP contribution in [-0.2, 0) is 0 Å². The largest absolute Gasteiger partial charge is 0.398 e. The van der Waals surface area contributed by atoms with Crippen LogP contribution in [0.5, 0.6) is 0 Å². The van der Waals surface area contributed by atoms with E-state index in [0.29, 0.717) is 5.02 Å². The van der Waals surface area contributed by atoms with Gasteiger partial charge < -0.3 is 5.73 Å². The van der Waals surface area contributed by atoms with Gasteiger partial charge in [0.1, 0.15) is 0 Å². The van der Waals surface area contributed by atoms with Gasteiger partial charge in [0.15, 0.2) is 0 Å². The van der Waals surface area contributed by atoms with E-state index < -0.39 is 0 Å². The molecule has 16 heavy (non-hydrogen) atoms. The van der Waals surface area contributed by atoms with Crippen LogP contribution < -0.4 is 5.73 Å². The minimum Gasteiger partial charge on any atom is -0.398 e. The molecular weight excluding hydrogens is 218 g/mol. The summed E-state index contributed by atoms with van der Waals surface area (Å²) in [5.41, 5.74) is 11.3. The third-order valence-corrected chi connectivity index (χ3v) is 2.93. The Morgan fingerprint density at radius 1 is 0.938 bits per heavy atom. The summed E-state index contributed by atoms with van der Waals surface area (Å²) in [5.74, 6) is 0. The van der Waals surface area contributed by atoms with Gasteiger partial charge in [-0.2, -0.15) is 0 Å². The van der Waals surface area contributed by atoms with Crippen molar-refractivity contribution in [1.82, 2.24) is 0 Å². The first-order valence-corrected chi connectivity index (χ1v) is 5.58. The van der Waals surface area contributed by atoms with Gasteiger partial charge in [0, 0.05) is 16.3 Å². The summed E-state index contributed by atoms with van der Waals surface area (Å²) in [6.45, 7) is 4.15. The molecule has 2 heteroatoms. The van der Waals surface area contributed by atoms with E-state index in [2.05, 4.69) is 32.0 Å². The van der Waals surface area contributed by atoms with Crippen LogP contribution in [0.25, 0.3) is 11.1 Å². The van der Waals surface area contributed by atoms with Gasteiger partial charge in [-0.1, -0.05) is 35.4 Å². The zero-order valence-electron chi connectivity index (χ0n) is 9.42. The van der Waals surface area contributed by atoms with Gasteiger partial charge in [0.2, 0.25) is 0 Å². The van der Waals surface area contributed by atoms with Crippen LogP contribution in [0.1, 0.15) is 11.1 Å². The summed E-state index contributed by atoms with van der Waals surface area (Å²) in [6.07, 6.45) is 0. The maximum atomic E-state index is 6.00. The molecule has 0 saturated heterocycles. The minimum absolute atomic E-state index is 0.713. The minimum atomic E-state index is 0.713. The molecule has 0 unspecified atom stereocenters. The van der Waals surface area contributed by atoms with E-state index in [-0.39, 0.29) is 0 Å². The average molecular weight is 232 g/mol. The lowest BCUT2D eigenvalue weighted by atomic mass is 9.97. The van der Waals surface area contributed by atoms with E-state index in [4.69, 9.17) is 17.3 Å². The number of nitrogen functional groups attached to an aromatic ring is 1. The third kappa shape index (κ3) is 2.05. The summed E-state index contributed by atoms with van der Waals surface area (Å²) in [5, 5.41) is 0.713. The van der Waals surface area contributed by atoms with Gasteiger partial charge in [0.05, 0.1) is 0 Å². The van der Waals surface area contributed by atoms with Crippen molar-refractivity contribution in [2.45, 2.75) is 13.8 Å². The molecule has 0 atom stereocenters. The summed E-state index contributed by atoms with van der Waals surface area (Å²) >= 11 is 6.00. The van der Waals surface area contributed by atoms with E-state index in [9.17, 15) is 0 Å². The van der Waals surface area contributed by atoms with Crippen molar-refractivity contribution in [3.63, 3.8) is 0 Å². The first-order valence-electron chi connectivity index (χ1n) is 5.20. The van der Waals surface area contributed by atoms with E-state index in [1.165, 1.54) is 11.1 Å². The van der Waals surface area contributed by atoms with Gasteiger partial charge in [-0.25, -0.2) is 0 Å². The monoisotopic (exact) mass is 231 g/mol. The molecule has 1 nitrogen and oxygen atoms in total. The molecule has 0 bridgehead atoms. The van der Waals surface area contributed by atoms with Crippen LogP contribution in [0, 0.1) is 13.8 Å². The molecule has 0 fully saturated rings. The molecule has 0 aromatic heterocycles. The van der Waals surface area contributed by atoms with Crippen LogP contribution in [-0.4, -0.2) is 0 Å². The Labute approximate surface area is 101 Å². The van der Waals surface area contributed by atoms with Gasteiger partial charge in [0.25, 0.3) is 0 Å². The van der Waals surface area contributed by atoms with Gasteiger partial charge >= 0.3 is 0 Å². The quantitative estimate of drug-likeness (QED) is 0.732. The number of benzene rings is 2. The van der Waals surface area contributed by atoms with E-state index in [1.807, 2.05) is 18.2 Å². The highest BCUT2D eigenvalue weighted by Gasteiger charge is 2.06. The maximum absolute atomic E-state index is 6.00. The molecule has 0 saturated carbocycles. The second-order valence-corrected chi connectivity index (χ2v) is 4.49. The molecule has 2 N–H and O–H groups in total. The first-order chi connectivity index (χ1) is 7.58. The van der Waals surface area contributed by atoms with Crippen molar-refractivity contribution in [1.29, 1.82) is 0 Å². The van der Waals surface area contributed by atoms with E-state index in [1.54, 1.807) is 0 Å². The number of rotatable bonds is 1. The summed E-state index contributed by atoms with van der Waals surface area (Å²) in [7, 11) is 0. The second-order valence-electron chi connectivity index (χ2n) is 4.05. The molecule has 2 aromatic rings. The van der Waals surface area contributed by atoms with Crippen LogP contribution in [0.2, 0.25) is 5.02 Å². The molecule has 2 aromatic carbocycles. The number of hydrogen-bond donors (Lipinski definition) is 1. The second kappa shape index (κ2) is 4.18. The average Bonchev–Trinajstić information content (AvgIpc) is 2.25. The molecule has 2 rings (SSSR count). The molecule has 0 aliphatic rings. The lowest BCUT2D eigenvalue weighted by molar-refractivity contribution is 1.39. The maximum Gasteiger partial charge on any atom is 0.0413 e. The van der Waals surface area contributed by atoms with Gasteiger partial charge in [-0.15, -0.1) is 0 Å². The number of hydrogen-bond acceptors (Lipinski definition) is 1. The van der Waals surface area contributed by atoms with Crippen molar-refractivity contribution in [3.05, 3.63) is 52.5 Å². The lowest BCUT2D eigenvalue weighted by Crippen LogP contribution is -1.92. The van der Waals surface area contributed by atoms with Crippen LogP contribution in [0.3, 0.4) is 0 Å². The van der Waals surface area contributed by atoms with Crippen LogP contribution >= 0.6 is 11.6 Å². The third-order valence-electron chi connectivity index (χ3n) is 2.70. The Hall–Kier alpha value is -1.47. The predicted molar refractivity (Wildman–Crippen MR) is 70.8 cm³/mol. The fourth-order valence-corrected chi connectivity index (χ4v) is 1.96. The van der Waals surface area contributed by atoms with Crippen LogP contribution in [0.15, 0.2) is 36.4 Å². The Morgan fingerprint density at radius 3 is 2.44 bits per heavy atom. The fraction of sp³-hybridized carbons (Fsp3) is 0.143. The smallest absolute Gasteiger partial charge is 0.0413 e. The van der Waals surface area contributed by atoms with Crippen molar-refractivity contribution < 1.29 is 0 Å². The molecule has 0 heterocycles. The zero-order valence-corrected chi connectivity index (χ0v) is 10.2. The fourth-order valence-electron chi connectivity index (χ4n) is 1.79. The summed E-state index contributed by atoms with van der Waals surface area (Å²) < 4.78 is 0. The molecule has 0 spiro atoms. The highest BCUT2D eigenvalue weighted by Crippen LogP contribution is 2.31. The Morgan fingerprint density at radius 2 is 1.69 bits per heavy atom.